The number of aromatic nitrogens is 1. The van der Waals surface area contributed by atoms with Crippen LogP contribution in [0.25, 0.3) is 0 Å². The van der Waals surface area contributed by atoms with Gasteiger partial charge in [0.2, 0.25) is 0 Å². The number of carbonyl (C=O) groups excluding carboxylic acids is 1. The van der Waals surface area contributed by atoms with Crippen LogP contribution in [0.3, 0.4) is 0 Å². The van der Waals surface area contributed by atoms with Crippen molar-refractivity contribution in [1.82, 2.24) is 9.88 Å². The number of carbonyl (C=O) groups is 1. The monoisotopic (exact) mass is 252 g/mol. The number of ether oxygens (including phenoxy) is 1. The van der Waals surface area contributed by atoms with Crippen LogP contribution in [0.2, 0.25) is 0 Å². The Balaban J connectivity index is 2.05. The van der Waals surface area contributed by atoms with E-state index in [1.54, 1.807) is 17.0 Å². The summed E-state index contributed by atoms with van der Waals surface area (Å²) in [6.07, 6.45) is 1.17. The summed E-state index contributed by atoms with van der Waals surface area (Å²) < 4.78 is 5.29. The summed E-state index contributed by atoms with van der Waals surface area (Å²) in [5.41, 5.74) is 2.89. The zero-order chi connectivity index (χ0) is 13.0. The van der Waals surface area contributed by atoms with Gasteiger partial charge < -0.3 is 20.2 Å². The number of morpholine rings is 1. The van der Waals surface area contributed by atoms with Crippen LogP contribution in [0.1, 0.15) is 10.4 Å². The van der Waals surface area contributed by atoms with Gasteiger partial charge in [0.15, 0.2) is 0 Å². The predicted octanol–water partition coefficient (Wildman–Crippen LogP) is -0.800. The van der Waals surface area contributed by atoms with Crippen LogP contribution >= 0.6 is 0 Å². The molecule has 1 aromatic rings. The fourth-order valence-corrected chi connectivity index (χ4v) is 1.80. The Bertz CT molecular complexity index is 409. The number of aliphatic hydroxyl groups excluding tert-OH is 1. The Labute approximate surface area is 105 Å². The summed E-state index contributed by atoms with van der Waals surface area (Å²) >= 11 is 0. The molecule has 2 heterocycles. The van der Waals surface area contributed by atoms with E-state index in [-0.39, 0.29) is 18.6 Å². The zero-order valence-electron chi connectivity index (χ0n) is 9.87. The van der Waals surface area contributed by atoms with E-state index in [0.29, 0.717) is 31.1 Å². The number of amides is 1. The number of pyridine rings is 1. The quantitative estimate of drug-likeness (QED) is 0.481. The van der Waals surface area contributed by atoms with Crippen LogP contribution < -0.4 is 11.3 Å². The number of hydrogen-bond acceptors (Lipinski definition) is 6. The van der Waals surface area contributed by atoms with E-state index in [1.807, 2.05) is 0 Å². The van der Waals surface area contributed by atoms with E-state index in [9.17, 15) is 4.79 Å². The molecule has 1 aromatic heterocycles. The summed E-state index contributed by atoms with van der Waals surface area (Å²) in [6.45, 7) is 1.27. The third-order valence-corrected chi connectivity index (χ3v) is 2.79. The SMILES string of the molecule is NNc1ccc(C(=O)N2CCOC(CO)C2)cn1. The maximum atomic E-state index is 12.2. The van der Waals surface area contributed by atoms with Gasteiger partial charge in [-0.2, -0.15) is 0 Å². The fraction of sp³-hybridized carbons (Fsp3) is 0.455. The molecule has 0 spiro atoms. The third-order valence-electron chi connectivity index (χ3n) is 2.79. The second kappa shape index (κ2) is 5.76. The Morgan fingerprint density at radius 2 is 2.50 bits per heavy atom. The molecule has 1 fully saturated rings. The van der Waals surface area contributed by atoms with E-state index >= 15 is 0 Å². The van der Waals surface area contributed by atoms with Crippen LogP contribution in [0.4, 0.5) is 5.82 Å². The Morgan fingerprint density at radius 1 is 1.67 bits per heavy atom. The maximum absolute atomic E-state index is 12.2. The molecule has 4 N–H and O–H groups in total. The minimum absolute atomic E-state index is 0.0853. The number of nitrogens with one attached hydrogen (secondary N) is 1. The van der Waals surface area contributed by atoms with Crippen LogP contribution in [-0.2, 0) is 4.74 Å². The minimum atomic E-state index is -0.305. The van der Waals surface area contributed by atoms with E-state index < -0.39 is 0 Å². The predicted molar refractivity (Wildman–Crippen MR) is 64.8 cm³/mol. The molecule has 0 bridgehead atoms. The fourth-order valence-electron chi connectivity index (χ4n) is 1.80. The highest BCUT2D eigenvalue weighted by Crippen LogP contribution is 2.11. The Morgan fingerprint density at radius 3 is 3.11 bits per heavy atom. The van der Waals surface area contributed by atoms with E-state index in [4.69, 9.17) is 15.7 Å². The lowest BCUT2D eigenvalue weighted by atomic mass is 10.2. The first-order valence-electron chi connectivity index (χ1n) is 5.69. The van der Waals surface area contributed by atoms with Crippen LogP contribution in [0, 0.1) is 0 Å². The smallest absolute Gasteiger partial charge is 0.255 e. The molecular formula is C11H16N4O3. The summed E-state index contributed by atoms with van der Waals surface area (Å²) in [7, 11) is 0. The molecule has 7 heteroatoms. The van der Waals surface area contributed by atoms with Gasteiger partial charge in [0.25, 0.3) is 5.91 Å². The first-order valence-corrected chi connectivity index (χ1v) is 5.69. The second-order valence-corrected chi connectivity index (χ2v) is 4.00. The number of anilines is 1. The molecule has 2 rings (SSSR count). The van der Waals surface area contributed by atoms with Crippen molar-refractivity contribution in [2.75, 3.05) is 31.7 Å². The molecule has 0 aromatic carbocycles. The molecular weight excluding hydrogens is 236 g/mol. The summed E-state index contributed by atoms with van der Waals surface area (Å²) in [5.74, 6) is 5.59. The van der Waals surface area contributed by atoms with Crippen LogP contribution in [-0.4, -0.2) is 53.3 Å². The van der Waals surface area contributed by atoms with Gasteiger partial charge in [-0.3, -0.25) is 4.79 Å². The lowest BCUT2D eigenvalue weighted by molar-refractivity contribution is -0.0447. The molecule has 0 aliphatic carbocycles. The van der Waals surface area contributed by atoms with Crippen molar-refractivity contribution < 1.29 is 14.6 Å². The van der Waals surface area contributed by atoms with Crippen molar-refractivity contribution in [1.29, 1.82) is 0 Å². The molecule has 1 atom stereocenters. The number of hydrazine groups is 1. The van der Waals surface area contributed by atoms with Crippen LogP contribution in [0.5, 0.6) is 0 Å². The summed E-state index contributed by atoms with van der Waals surface area (Å²) in [4.78, 5) is 17.8. The normalized spacial score (nSPS) is 19.7. The molecule has 1 unspecified atom stereocenters. The van der Waals surface area contributed by atoms with Gasteiger partial charge in [-0.25, -0.2) is 10.8 Å². The zero-order valence-corrected chi connectivity index (χ0v) is 9.87. The minimum Gasteiger partial charge on any atom is -0.394 e. The Hall–Kier alpha value is -1.70. The topological polar surface area (TPSA) is 101 Å². The average Bonchev–Trinajstić information content (AvgIpc) is 2.46. The highest BCUT2D eigenvalue weighted by Gasteiger charge is 2.24. The molecule has 1 saturated heterocycles. The largest absolute Gasteiger partial charge is 0.394 e. The number of hydrogen-bond donors (Lipinski definition) is 3. The highest BCUT2D eigenvalue weighted by atomic mass is 16.5. The van der Waals surface area contributed by atoms with Gasteiger partial charge in [-0.1, -0.05) is 0 Å². The first-order chi connectivity index (χ1) is 8.74. The molecule has 98 valence electrons. The van der Waals surface area contributed by atoms with Crippen molar-refractivity contribution >= 4 is 11.7 Å². The van der Waals surface area contributed by atoms with Gasteiger partial charge in [-0.15, -0.1) is 0 Å². The highest BCUT2D eigenvalue weighted by molar-refractivity contribution is 5.94. The number of nitrogens with two attached hydrogens (primary N) is 1. The Kier molecular flexibility index (Phi) is 4.08. The number of nitrogens with zero attached hydrogens (tertiary/aromatic N) is 2. The molecule has 0 saturated carbocycles. The second-order valence-electron chi connectivity index (χ2n) is 4.00. The standard InChI is InChI=1S/C11H16N4O3/c12-14-10-2-1-8(5-13-10)11(17)15-3-4-18-9(6-15)7-16/h1-2,5,9,16H,3-4,6-7,12H2,(H,13,14). The molecule has 0 radical (unpaired) electrons. The van der Waals surface area contributed by atoms with Gasteiger partial charge in [0.05, 0.1) is 24.9 Å². The molecule has 7 nitrogen and oxygen atoms in total. The van der Waals surface area contributed by atoms with E-state index in [1.165, 1.54) is 6.20 Å². The number of nitrogen functional groups attached to an aromatic ring is 1. The lowest BCUT2D eigenvalue weighted by Gasteiger charge is -2.32. The summed E-state index contributed by atoms with van der Waals surface area (Å²) in [6, 6.07) is 3.30. The van der Waals surface area contributed by atoms with Crippen molar-refractivity contribution in [2.45, 2.75) is 6.10 Å². The molecule has 1 amide bonds. The third kappa shape index (κ3) is 2.76. The van der Waals surface area contributed by atoms with Gasteiger partial charge >= 0.3 is 0 Å². The van der Waals surface area contributed by atoms with Crippen molar-refractivity contribution in [2.24, 2.45) is 5.84 Å². The number of rotatable bonds is 3. The van der Waals surface area contributed by atoms with Gasteiger partial charge in [0.1, 0.15) is 5.82 Å². The van der Waals surface area contributed by atoms with Gasteiger partial charge in [-0.05, 0) is 12.1 Å². The summed E-state index contributed by atoms with van der Waals surface area (Å²) in [5, 5.41) is 9.03. The van der Waals surface area contributed by atoms with E-state index in [2.05, 4.69) is 10.4 Å². The van der Waals surface area contributed by atoms with Crippen LogP contribution in [0.15, 0.2) is 18.3 Å². The maximum Gasteiger partial charge on any atom is 0.255 e. The van der Waals surface area contributed by atoms with Crippen molar-refractivity contribution in [3.8, 4) is 0 Å². The van der Waals surface area contributed by atoms with Crippen molar-refractivity contribution in [3.05, 3.63) is 23.9 Å². The van der Waals surface area contributed by atoms with Crippen molar-refractivity contribution in [3.63, 3.8) is 0 Å². The molecule has 1 aliphatic rings. The lowest BCUT2D eigenvalue weighted by Crippen LogP contribution is -2.46. The molecule has 18 heavy (non-hydrogen) atoms. The van der Waals surface area contributed by atoms with Gasteiger partial charge in [0, 0.05) is 19.3 Å². The first kappa shape index (κ1) is 12.7. The van der Waals surface area contributed by atoms with E-state index in [0.717, 1.165) is 0 Å². The average molecular weight is 252 g/mol. The molecule has 1 aliphatic heterocycles. The number of aliphatic hydroxyl groups is 1.